The zero-order chi connectivity index (χ0) is 12.0. The molecule has 0 aliphatic carbocycles. The van der Waals surface area contributed by atoms with E-state index in [1.165, 1.54) is 0 Å². The monoisotopic (exact) mass is 225 g/mol. The highest BCUT2D eigenvalue weighted by Gasteiger charge is 2.18. The topological polar surface area (TPSA) is 41.3 Å². The van der Waals surface area contributed by atoms with Crippen LogP contribution in [0.4, 0.5) is 5.82 Å². The fraction of sp³-hybridized carbons (Fsp3) is 0.750. The van der Waals surface area contributed by atoms with E-state index in [0.717, 1.165) is 38.3 Å². The molecule has 1 saturated heterocycles. The van der Waals surface area contributed by atoms with Gasteiger partial charge in [0.25, 0.3) is 0 Å². The van der Waals surface area contributed by atoms with Crippen molar-refractivity contribution < 1.29 is 5.11 Å². The van der Waals surface area contributed by atoms with Crippen LogP contribution in [0.5, 0.6) is 0 Å². The molecule has 4 heteroatoms. The van der Waals surface area contributed by atoms with Crippen LogP contribution in [0.3, 0.4) is 0 Å². The quantitative estimate of drug-likeness (QED) is 0.835. The van der Waals surface area contributed by atoms with Crippen LogP contribution in [0.15, 0.2) is 12.3 Å². The molecule has 2 rings (SSSR count). The van der Waals surface area contributed by atoms with Crippen LogP contribution in [0.2, 0.25) is 0 Å². The van der Waals surface area contributed by atoms with Gasteiger partial charge in [-0.15, -0.1) is 0 Å². The van der Waals surface area contributed by atoms with E-state index in [4.69, 9.17) is 0 Å². The van der Waals surface area contributed by atoms with Gasteiger partial charge in [-0.05, 0) is 19.8 Å². The Labute approximate surface area is 97.9 Å². The molecule has 0 spiro atoms. The van der Waals surface area contributed by atoms with E-state index in [0.29, 0.717) is 0 Å². The van der Waals surface area contributed by atoms with Crippen molar-refractivity contribution in [1.29, 1.82) is 0 Å². The molecule has 0 aromatic carbocycles. The van der Waals surface area contributed by atoms with Gasteiger partial charge in [0.15, 0.2) is 5.82 Å². The fourth-order valence-corrected chi connectivity index (χ4v) is 1.79. The maximum absolute atomic E-state index is 9.37. The average molecular weight is 225 g/mol. The molecular weight excluding hydrogens is 202 g/mol. The van der Waals surface area contributed by atoms with Crippen molar-refractivity contribution in [3.8, 4) is 0 Å². The Kier molecular flexibility index (Phi) is 5.32. The molecule has 4 nitrogen and oxygen atoms in total. The Hall–Kier alpha value is -1.03. The van der Waals surface area contributed by atoms with Crippen LogP contribution in [-0.2, 0) is 6.54 Å². The van der Waals surface area contributed by atoms with Gasteiger partial charge in [-0.1, -0.05) is 13.8 Å². The van der Waals surface area contributed by atoms with Gasteiger partial charge in [-0.3, -0.25) is 4.68 Å². The van der Waals surface area contributed by atoms with Crippen LogP contribution in [0, 0.1) is 0 Å². The second-order valence-corrected chi connectivity index (χ2v) is 3.75. The molecule has 0 unspecified atom stereocenters. The molecule has 1 aromatic rings. The average Bonchev–Trinajstić information content (AvgIpc) is 2.81. The lowest BCUT2D eigenvalue weighted by atomic mass is 10.1. The summed E-state index contributed by atoms with van der Waals surface area (Å²) in [7, 11) is 0. The first kappa shape index (κ1) is 13.0. The van der Waals surface area contributed by atoms with Crippen LogP contribution < -0.4 is 4.90 Å². The number of aliphatic hydroxyl groups excluding tert-OH is 1. The van der Waals surface area contributed by atoms with Crippen molar-refractivity contribution in [3.05, 3.63) is 12.3 Å². The number of hydrogen-bond acceptors (Lipinski definition) is 3. The highest BCUT2D eigenvalue weighted by molar-refractivity contribution is 5.37. The van der Waals surface area contributed by atoms with E-state index in [1.807, 2.05) is 30.8 Å². The van der Waals surface area contributed by atoms with E-state index in [1.54, 1.807) is 0 Å². The number of hydrogen-bond donors (Lipinski definition) is 1. The van der Waals surface area contributed by atoms with Crippen molar-refractivity contribution in [1.82, 2.24) is 9.78 Å². The van der Waals surface area contributed by atoms with Gasteiger partial charge in [0, 0.05) is 31.9 Å². The van der Waals surface area contributed by atoms with Gasteiger partial charge in [-0.2, -0.15) is 5.10 Å². The van der Waals surface area contributed by atoms with Crippen molar-refractivity contribution in [2.24, 2.45) is 0 Å². The lowest BCUT2D eigenvalue weighted by molar-refractivity contribution is 0.145. The molecule has 2 heterocycles. The molecule has 1 aliphatic rings. The third kappa shape index (κ3) is 3.23. The van der Waals surface area contributed by atoms with E-state index in [-0.39, 0.29) is 6.10 Å². The summed E-state index contributed by atoms with van der Waals surface area (Å²) in [4.78, 5) is 2.24. The highest BCUT2D eigenvalue weighted by Crippen LogP contribution is 2.17. The first-order valence-electron chi connectivity index (χ1n) is 6.26. The number of nitrogens with zero attached hydrogens (tertiary/aromatic N) is 3. The van der Waals surface area contributed by atoms with Gasteiger partial charge in [0.2, 0.25) is 0 Å². The Bertz CT molecular complexity index is 290. The molecular formula is C12H23N3O. The predicted octanol–water partition coefficient (Wildman–Crippen LogP) is 1.89. The van der Waals surface area contributed by atoms with E-state index < -0.39 is 0 Å². The number of piperidine rings is 1. The molecule has 0 atom stereocenters. The first-order valence-corrected chi connectivity index (χ1v) is 6.26. The second kappa shape index (κ2) is 6.53. The zero-order valence-electron chi connectivity index (χ0n) is 10.6. The number of aryl methyl sites for hydroxylation is 1. The maximum atomic E-state index is 9.37. The van der Waals surface area contributed by atoms with E-state index in [9.17, 15) is 5.11 Å². The summed E-state index contributed by atoms with van der Waals surface area (Å²) in [6, 6.07) is 2.04. The summed E-state index contributed by atoms with van der Waals surface area (Å²) in [5.41, 5.74) is 0. The van der Waals surface area contributed by atoms with Gasteiger partial charge in [0.1, 0.15) is 0 Å². The standard InChI is InChI=1S/C10H17N3O.C2H6/c1-2-13-8-5-10(11-13)12-6-3-9(14)4-7-12;1-2/h5,8-9,14H,2-4,6-7H2,1H3;1-2H3. The summed E-state index contributed by atoms with van der Waals surface area (Å²) >= 11 is 0. The Morgan fingerprint density at radius 3 is 2.50 bits per heavy atom. The SMILES string of the molecule is CC.CCn1ccc(N2CCC(O)CC2)n1. The third-order valence-corrected chi connectivity index (χ3v) is 2.74. The van der Waals surface area contributed by atoms with Crippen LogP contribution in [0.1, 0.15) is 33.6 Å². The van der Waals surface area contributed by atoms with Gasteiger partial charge in [0.05, 0.1) is 6.10 Å². The Morgan fingerprint density at radius 2 is 2.00 bits per heavy atom. The summed E-state index contributed by atoms with van der Waals surface area (Å²) in [6.07, 6.45) is 3.61. The van der Waals surface area contributed by atoms with Crippen molar-refractivity contribution in [2.45, 2.75) is 46.3 Å². The lowest BCUT2D eigenvalue weighted by Crippen LogP contribution is -2.36. The van der Waals surface area contributed by atoms with Gasteiger partial charge in [-0.25, -0.2) is 0 Å². The van der Waals surface area contributed by atoms with Gasteiger partial charge < -0.3 is 10.0 Å². The minimum atomic E-state index is -0.112. The Balaban J connectivity index is 0.000000606. The molecule has 1 aromatic heterocycles. The highest BCUT2D eigenvalue weighted by atomic mass is 16.3. The molecule has 0 radical (unpaired) electrons. The summed E-state index contributed by atoms with van der Waals surface area (Å²) in [5.74, 6) is 1.04. The van der Waals surface area contributed by atoms with E-state index >= 15 is 0 Å². The second-order valence-electron chi connectivity index (χ2n) is 3.75. The van der Waals surface area contributed by atoms with Crippen LogP contribution >= 0.6 is 0 Å². The summed E-state index contributed by atoms with van der Waals surface area (Å²) in [5, 5.41) is 13.8. The van der Waals surface area contributed by atoms with Crippen molar-refractivity contribution in [3.63, 3.8) is 0 Å². The predicted molar refractivity (Wildman–Crippen MR) is 66.7 cm³/mol. The summed E-state index contributed by atoms with van der Waals surface area (Å²) in [6.45, 7) is 8.83. The lowest BCUT2D eigenvalue weighted by Gasteiger charge is -2.29. The van der Waals surface area contributed by atoms with Gasteiger partial charge >= 0.3 is 0 Å². The zero-order valence-corrected chi connectivity index (χ0v) is 10.6. The molecule has 0 saturated carbocycles. The number of rotatable bonds is 2. The molecule has 92 valence electrons. The summed E-state index contributed by atoms with van der Waals surface area (Å²) < 4.78 is 1.93. The molecule has 1 fully saturated rings. The minimum Gasteiger partial charge on any atom is -0.393 e. The number of aromatic nitrogens is 2. The third-order valence-electron chi connectivity index (χ3n) is 2.74. The normalized spacial score (nSPS) is 16.9. The number of aliphatic hydroxyl groups is 1. The molecule has 0 amide bonds. The van der Waals surface area contributed by atoms with Crippen molar-refractivity contribution >= 4 is 5.82 Å². The molecule has 1 aliphatic heterocycles. The largest absolute Gasteiger partial charge is 0.393 e. The molecule has 0 bridgehead atoms. The Morgan fingerprint density at radius 1 is 1.38 bits per heavy atom. The fourth-order valence-electron chi connectivity index (χ4n) is 1.79. The smallest absolute Gasteiger partial charge is 0.150 e. The first-order chi connectivity index (χ1) is 7.79. The molecule has 16 heavy (non-hydrogen) atoms. The van der Waals surface area contributed by atoms with Crippen LogP contribution in [-0.4, -0.2) is 34.1 Å². The van der Waals surface area contributed by atoms with E-state index in [2.05, 4.69) is 16.9 Å². The van der Waals surface area contributed by atoms with Crippen LogP contribution in [0.25, 0.3) is 0 Å². The number of anilines is 1. The van der Waals surface area contributed by atoms with Crippen molar-refractivity contribution in [2.75, 3.05) is 18.0 Å². The maximum Gasteiger partial charge on any atom is 0.150 e. The minimum absolute atomic E-state index is 0.112. The molecule has 1 N–H and O–H groups in total.